The number of carbonyl (C=O) groups is 2. The van der Waals surface area contributed by atoms with Crippen molar-refractivity contribution in [3.8, 4) is 5.75 Å². The molecule has 6 nitrogen and oxygen atoms in total. The molecule has 1 heterocycles. The zero-order valence-electron chi connectivity index (χ0n) is 19.9. The van der Waals surface area contributed by atoms with E-state index < -0.39 is 5.97 Å². The van der Waals surface area contributed by atoms with Crippen molar-refractivity contribution in [3.63, 3.8) is 0 Å². The zero-order valence-corrected chi connectivity index (χ0v) is 19.9. The Bertz CT molecular complexity index is 951. The molecule has 0 spiro atoms. The van der Waals surface area contributed by atoms with Crippen molar-refractivity contribution in [2.45, 2.75) is 58.9 Å². The minimum Gasteiger partial charge on any atom is -0.545 e. The number of aromatic carboxylic acids is 1. The Hall–Kier alpha value is -3.02. The van der Waals surface area contributed by atoms with Gasteiger partial charge in [0.25, 0.3) is 0 Å². The first-order valence-electron chi connectivity index (χ1n) is 12.0. The molecule has 0 saturated carbocycles. The lowest BCUT2D eigenvalue weighted by molar-refractivity contribution is -0.255. The number of hydrogen-bond donors (Lipinski definition) is 1. The average Bonchev–Trinajstić information content (AvgIpc) is 2.79. The van der Waals surface area contributed by atoms with Crippen molar-refractivity contribution in [1.82, 2.24) is 5.32 Å². The number of nitrogens with zero attached hydrogens (tertiary/aromatic N) is 1. The van der Waals surface area contributed by atoms with Gasteiger partial charge in [0.15, 0.2) is 0 Å². The van der Waals surface area contributed by atoms with E-state index in [0.29, 0.717) is 18.1 Å². The van der Waals surface area contributed by atoms with Gasteiger partial charge in [-0.25, -0.2) is 0 Å². The lowest BCUT2D eigenvalue weighted by Crippen LogP contribution is -2.34. The quantitative estimate of drug-likeness (QED) is 0.593. The number of carboxylic acids is 1. The summed E-state index contributed by atoms with van der Waals surface area (Å²) in [5.41, 5.74) is 3.06. The fourth-order valence-corrected chi connectivity index (χ4v) is 4.49. The van der Waals surface area contributed by atoms with Crippen LogP contribution in [0.5, 0.6) is 5.75 Å². The second-order valence-electron chi connectivity index (χ2n) is 9.08. The molecule has 6 heteroatoms. The van der Waals surface area contributed by atoms with Crippen LogP contribution in [0.1, 0.15) is 74.0 Å². The normalized spacial score (nSPS) is 14.7. The standard InChI is InChI=1S/C27H36N2O4/c1-4-33-25-17-20(12-13-22(25)27(31)32)18-26(30)28-23(16-19(2)3)21-10-6-7-11-24(21)29-14-8-5-9-15-29/h6-7,10-13,17,19,23H,4-5,8-9,14-16,18H2,1-3H3,(H,28,30)(H,31,32)/p-1. The van der Waals surface area contributed by atoms with Gasteiger partial charge in [-0.05, 0) is 67.9 Å². The summed E-state index contributed by atoms with van der Waals surface area (Å²) in [5.74, 6) is -0.743. The molecule has 0 radical (unpaired) electrons. The highest BCUT2D eigenvalue weighted by Gasteiger charge is 2.22. The molecule has 2 aromatic rings. The molecule has 1 saturated heterocycles. The molecular weight excluding hydrogens is 416 g/mol. The van der Waals surface area contributed by atoms with Crippen molar-refractivity contribution >= 4 is 17.6 Å². The number of benzene rings is 2. The Labute approximate surface area is 196 Å². The molecule has 1 unspecified atom stereocenters. The lowest BCUT2D eigenvalue weighted by atomic mass is 9.94. The highest BCUT2D eigenvalue weighted by Crippen LogP contribution is 2.32. The molecule has 1 N–H and O–H groups in total. The Morgan fingerprint density at radius 2 is 1.82 bits per heavy atom. The van der Waals surface area contributed by atoms with Crippen LogP contribution in [-0.4, -0.2) is 31.6 Å². The number of rotatable bonds is 10. The van der Waals surface area contributed by atoms with Crippen LogP contribution < -0.4 is 20.1 Å². The second-order valence-corrected chi connectivity index (χ2v) is 9.08. The van der Waals surface area contributed by atoms with Gasteiger partial charge >= 0.3 is 0 Å². The summed E-state index contributed by atoms with van der Waals surface area (Å²) < 4.78 is 5.45. The summed E-state index contributed by atoms with van der Waals surface area (Å²) in [6, 6.07) is 13.0. The Morgan fingerprint density at radius 1 is 1.09 bits per heavy atom. The van der Waals surface area contributed by atoms with Gasteiger partial charge in [0.2, 0.25) is 5.91 Å². The van der Waals surface area contributed by atoms with E-state index in [-0.39, 0.29) is 29.7 Å². The number of piperidine rings is 1. The lowest BCUT2D eigenvalue weighted by Gasteiger charge is -2.33. The number of nitrogens with one attached hydrogen (secondary N) is 1. The highest BCUT2D eigenvalue weighted by molar-refractivity contribution is 5.89. The molecule has 178 valence electrons. The maximum atomic E-state index is 13.1. The first kappa shape index (κ1) is 24.6. The van der Waals surface area contributed by atoms with E-state index in [0.717, 1.165) is 25.1 Å². The first-order chi connectivity index (χ1) is 15.9. The van der Waals surface area contributed by atoms with Crippen LogP contribution in [0.15, 0.2) is 42.5 Å². The van der Waals surface area contributed by atoms with E-state index in [1.165, 1.54) is 31.0 Å². The molecule has 0 aliphatic carbocycles. The van der Waals surface area contributed by atoms with Crippen LogP contribution in [0.25, 0.3) is 0 Å². The van der Waals surface area contributed by atoms with E-state index >= 15 is 0 Å². The van der Waals surface area contributed by atoms with Crippen molar-refractivity contribution in [2.24, 2.45) is 5.92 Å². The molecule has 1 aliphatic heterocycles. The van der Waals surface area contributed by atoms with Gasteiger partial charge in [0.05, 0.1) is 25.0 Å². The Balaban J connectivity index is 1.80. The van der Waals surface area contributed by atoms with Crippen molar-refractivity contribution in [1.29, 1.82) is 0 Å². The van der Waals surface area contributed by atoms with Gasteiger partial charge in [0.1, 0.15) is 5.75 Å². The molecule has 33 heavy (non-hydrogen) atoms. The number of amides is 1. The predicted octanol–water partition coefficient (Wildman–Crippen LogP) is 3.89. The molecule has 0 bridgehead atoms. The maximum Gasteiger partial charge on any atom is 0.224 e. The molecule has 1 amide bonds. The maximum absolute atomic E-state index is 13.1. The van der Waals surface area contributed by atoms with Crippen LogP contribution in [0.3, 0.4) is 0 Å². The van der Waals surface area contributed by atoms with Gasteiger partial charge in [-0.2, -0.15) is 0 Å². The minimum atomic E-state index is -1.29. The van der Waals surface area contributed by atoms with Gasteiger partial charge in [0, 0.05) is 24.3 Å². The third-order valence-corrected chi connectivity index (χ3v) is 5.98. The Kier molecular flexibility index (Phi) is 8.75. The first-order valence-corrected chi connectivity index (χ1v) is 12.0. The van der Waals surface area contributed by atoms with E-state index in [4.69, 9.17) is 4.74 Å². The molecule has 1 atom stereocenters. The summed E-state index contributed by atoms with van der Waals surface area (Å²) in [4.78, 5) is 26.8. The molecule has 2 aromatic carbocycles. The van der Waals surface area contributed by atoms with E-state index in [2.05, 4.69) is 42.3 Å². The van der Waals surface area contributed by atoms with Crippen molar-refractivity contribution in [2.75, 3.05) is 24.6 Å². The van der Waals surface area contributed by atoms with Gasteiger partial charge < -0.3 is 24.9 Å². The third kappa shape index (κ3) is 6.73. The summed E-state index contributed by atoms with van der Waals surface area (Å²) in [6.07, 6.45) is 4.64. The number of hydrogen-bond acceptors (Lipinski definition) is 5. The minimum absolute atomic E-state index is 0.00542. The number of carboxylic acid groups (broad SMARTS) is 1. The molecule has 1 aliphatic rings. The molecule has 0 aromatic heterocycles. The molecule has 3 rings (SSSR count). The van der Waals surface area contributed by atoms with Gasteiger partial charge in [-0.15, -0.1) is 0 Å². The fourth-order valence-electron chi connectivity index (χ4n) is 4.49. The average molecular weight is 452 g/mol. The predicted molar refractivity (Wildman–Crippen MR) is 128 cm³/mol. The van der Waals surface area contributed by atoms with Gasteiger partial charge in [-0.1, -0.05) is 38.1 Å². The van der Waals surface area contributed by atoms with E-state index in [1.54, 1.807) is 19.1 Å². The number of ether oxygens (including phenoxy) is 1. The van der Waals surface area contributed by atoms with Crippen LogP contribution in [0, 0.1) is 5.92 Å². The summed E-state index contributed by atoms with van der Waals surface area (Å²) >= 11 is 0. The van der Waals surface area contributed by atoms with Gasteiger partial charge in [-0.3, -0.25) is 4.79 Å². The van der Waals surface area contributed by atoms with Crippen LogP contribution in [0.2, 0.25) is 0 Å². The smallest absolute Gasteiger partial charge is 0.224 e. The van der Waals surface area contributed by atoms with E-state index in [9.17, 15) is 14.7 Å². The molecular formula is C27H35N2O4-. The monoisotopic (exact) mass is 451 g/mol. The largest absolute Gasteiger partial charge is 0.545 e. The van der Waals surface area contributed by atoms with Crippen LogP contribution >= 0.6 is 0 Å². The topological polar surface area (TPSA) is 81.7 Å². The summed E-state index contributed by atoms with van der Waals surface area (Å²) in [5, 5.41) is 14.6. The second kappa shape index (κ2) is 11.7. The zero-order chi connectivity index (χ0) is 23.8. The van der Waals surface area contributed by atoms with Crippen LogP contribution in [-0.2, 0) is 11.2 Å². The number of para-hydroxylation sites is 1. The van der Waals surface area contributed by atoms with E-state index in [1.807, 2.05) is 6.07 Å². The third-order valence-electron chi connectivity index (χ3n) is 5.98. The fraction of sp³-hybridized carbons (Fsp3) is 0.481. The SMILES string of the molecule is CCOc1cc(CC(=O)NC(CC(C)C)c2ccccc2N2CCCCC2)ccc1C(=O)[O-]. The number of carbonyl (C=O) groups excluding carboxylic acids is 2. The van der Waals surface area contributed by atoms with Crippen molar-refractivity contribution < 1.29 is 19.4 Å². The Morgan fingerprint density at radius 3 is 2.48 bits per heavy atom. The summed E-state index contributed by atoms with van der Waals surface area (Å²) in [7, 11) is 0. The highest BCUT2D eigenvalue weighted by atomic mass is 16.5. The van der Waals surface area contributed by atoms with Crippen molar-refractivity contribution in [3.05, 3.63) is 59.2 Å². The molecule has 1 fully saturated rings. The van der Waals surface area contributed by atoms with Crippen LogP contribution in [0.4, 0.5) is 5.69 Å². The number of anilines is 1. The summed E-state index contributed by atoms with van der Waals surface area (Å²) in [6.45, 7) is 8.54.